The van der Waals surface area contributed by atoms with Crippen molar-refractivity contribution < 1.29 is 22.4 Å². The van der Waals surface area contributed by atoms with E-state index < -0.39 is 16.0 Å². The van der Waals surface area contributed by atoms with Crippen LogP contribution in [0.2, 0.25) is 5.02 Å². The molecule has 0 aliphatic heterocycles. The molecule has 0 atom stereocenters. The molecular formula is C21H22ClNO5S. The Morgan fingerprint density at radius 3 is 2.52 bits per heavy atom. The van der Waals surface area contributed by atoms with Crippen LogP contribution < -0.4 is 4.72 Å². The van der Waals surface area contributed by atoms with Gasteiger partial charge in [-0.25, -0.2) is 13.2 Å². The van der Waals surface area contributed by atoms with Gasteiger partial charge < -0.3 is 9.15 Å². The number of sulfonamides is 1. The van der Waals surface area contributed by atoms with E-state index in [0.29, 0.717) is 45.2 Å². The van der Waals surface area contributed by atoms with Crippen molar-refractivity contribution in [1.29, 1.82) is 0 Å². The molecule has 29 heavy (non-hydrogen) atoms. The fourth-order valence-electron chi connectivity index (χ4n) is 2.93. The SMILES string of the molecule is CCCCOC(=O)c1c(C)oc2cc(C)c(NS(=O)(=O)c3ccc(Cl)cc3)cc12. The van der Waals surface area contributed by atoms with E-state index in [0.717, 1.165) is 12.8 Å². The monoisotopic (exact) mass is 435 g/mol. The highest BCUT2D eigenvalue weighted by molar-refractivity contribution is 7.92. The molecule has 6 nitrogen and oxygen atoms in total. The van der Waals surface area contributed by atoms with Gasteiger partial charge in [-0.05, 0) is 62.2 Å². The zero-order valence-electron chi connectivity index (χ0n) is 16.4. The number of anilines is 1. The van der Waals surface area contributed by atoms with E-state index in [1.54, 1.807) is 26.0 Å². The summed E-state index contributed by atoms with van der Waals surface area (Å²) in [7, 11) is -3.82. The number of carbonyl (C=O) groups excluding carboxylic acids is 1. The Hall–Kier alpha value is -2.51. The minimum atomic E-state index is -3.82. The minimum Gasteiger partial charge on any atom is -0.462 e. The first kappa shape index (κ1) is 21.2. The number of esters is 1. The molecule has 0 aliphatic carbocycles. The third-order valence-corrected chi connectivity index (χ3v) is 6.15. The lowest BCUT2D eigenvalue weighted by Gasteiger charge is -2.11. The van der Waals surface area contributed by atoms with Gasteiger partial charge in [0.1, 0.15) is 16.9 Å². The Balaban J connectivity index is 1.98. The Kier molecular flexibility index (Phi) is 6.19. The number of furan rings is 1. The van der Waals surface area contributed by atoms with E-state index in [1.807, 2.05) is 6.92 Å². The first-order valence-electron chi connectivity index (χ1n) is 9.22. The van der Waals surface area contributed by atoms with Crippen LogP contribution in [-0.4, -0.2) is 21.0 Å². The maximum Gasteiger partial charge on any atom is 0.342 e. The van der Waals surface area contributed by atoms with Crippen LogP contribution in [0.25, 0.3) is 11.0 Å². The summed E-state index contributed by atoms with van der Waals surface area (Å²) in [6.07, 6.45) is 1.68. The van der Waals surface area contributed by atoms with Gasteiger partial charge in [0.05, 0.1) is 17.2 Å². The number of ether oxygens (including phenoxy) is 1. The maximum absolute atomic E-state index is 12.7. The highest BCUT2D eigenvalue weighted by Crippen LogP contribution is 2.32. The van der Waals surface area contributed by atoms with E-state index in [-0.39, 0.29) is 4.90 Å². The summed E-state index contributed by atoms with van der Waals surface area (Å²) in [5.74, 6) is -0.0522. The van der Waals surface area contributed by atoms with Gasteiger partial charge in [0.2, 0.25) is 0 Å². The van der Waals surface area contributed by atoms with Crippen molar-refractivity contribution in [3.8, 4) is 0 Å². The average molecular weight is 436 g/mol. The van der Waals surface area contributed by atoms with E-state index in [4.69, 9.17) is 20.8 Å². The third-order valence-electron chi connectivity index (χ3n) is 4.51. The number of halogens is 1. The molecule has 0 amide bonds. The summed E-state index contributed by atoms with van der Waals surface area (Å²) in [5, 5.41) is 0.949. The molecule has 0 unspecified atom stereocenters. The highest BCUT2D eigenvalue weighted by atomic mass is 35.5. The second-order valence-corrected chi connectivity index (χ2v) is 8.86. The van der Waals surface area contributed by atoms with Crippen LogP contribution in [0.1, 0.15) is 41.4 Å². The zero-order chi connectivity index (χ0) is 21.2. The molecule has 0 saturated heterocycles. The van der Waals surface area contributed by atoms with Crippen molar-refractivity contribution >= 4 is 44.3 Å². The molecule has 0 fully saturated rings. The lowest BCUT2D eigenvalue weighted by atomic mass is 10.1. The van der Waals surface area contributed by atoms with Gasteiger partial charge in [-0.3, -0.25) is 4.72 Å². The average Bonchev–Trinajstić information content (AvgIpc) is 2.97. The molecule has 3 rings (SSSR count). The van der Waals surface area contributed by atoms with Crippen molar-refractivity contribution in [2.45, 2.75) is 38.5 Å². The van der Waals surface area contributed by atoms with Crippen LogP contribution in [0.5, 0.6) is 0 Å². The van der Waals surface area contributed by atoms with Gasteiger partial charge in [0.25, 0.3) is 10.0 Å². The quantitative estimate of drug-likeness (QED) is 0.393. The summed E-state index contributed by atoms with van der Waals surface area (Å²) in [4.78, 5) is 12.6. The molecule has 0 aliphatic rings. The van der Waals surface area contributed by atoms with Crippen molar-refractivity contribution in [1.82, 2.24) is 0 Å². The molecule has 3 aromatic rings. The zero-order valence-corrected chi connectivity index (χ0v) is 18.0. The summed E-state index contributed by atoms with van der Waals surface area (Å²) < 4.78 is 39.1. The van der Waals surface area contributed by atoms with Crippen molar-refractivity contribution in [3.05, 3.63) is 58.3 Å². The molecule has 0 radical (unpaired) electrons. The van der Waals surface area contributed by atoms with Crippen molar-refractivity contribution in [2.24, 2.45) is 0 Å². The Labute approximate surface area is 174 Å². The molecule has 0 saturated carbocycles. The molecule has 2 aromatic carbocycles. The second-order valence-electron chi connectivity index (χ2n) is 6.75. The van der Waals surface area contributed by atoms with E-state index in [9.17, 15) is 13.2 Å². The minimum absolute atomic E-state index is 0.0870. The van der Waals surface area contributed by atoms with Gasteiger partial charge in [-0.2, -0.15) is 0 Å². The summed E-state index contributed by atoms with van der Waals surface area (Å²) >= 11 is 5.84. The number of benzene rings is 2. The normalized spacial score (nSPS) is 11.6. The standard InChI is InChI=1S/C21H22ClNO5S/c1-4-5-10-27-21(24)20-14(3)28-19-11-13(2)18(12-17(19)20)23-29(25,26)16-8-6-15(22)7-9-16/h6-9,11-12,23H,4-5,10H2,1-3H3. The van der Waals surface area contributed by atoms with Crippen LogP contribution in [0.4, 0.5) is 5.69 Å². The Bertz CT molecular complexity index is 1150. The van der Waals surface area contributed by atoms with E-state index >= 15 is 0 Å². The maximum atomic E-state index is 12.7. The fourth-order valence-corrected chi connectivity index (χ4v) is 4.18. The van der Waals surface area contributed by atoms with Gasteiger partial charge in [0.15, 0.2) is 0 Å². The second kappa shape index (κ2) is 8.47. The molecule has 1 N–H and O–H groups in total. The Morgan fingerprint density at radius 2 is 1.86 bits per heavy atom. The predicted molar refractivity (Wildman–Crippen MR) is 113 cm³/mol. The van der Waals surface area contributed by atoms with Gasteiger partial charge in [0, 0.05) is 10.4 Å². The summed E-state index contributed by atoms with van der Waals surface area (Å²) in [6.45, 7) is 5.77. The molecule has 0 spiro atoms. The van der Waals surface area contributed by atoms with Crippen LogP contribution in [0, 0.1) is 13.8 Å². The summed E-state index contributed by atoms with van der Waals surface area (Å²) in [5.41, 5.74) is 1.82. The van der Waals surface area contributed by atoms with Crippen molar-refractivity contribution in [3.63, 3.8) is 0 Å². The number of hydrogen-bond donors (Lipinski definition) is 1. The number of aryl methyl sites for hydroxylation is 2. The first-order chi connectivity index (χ1) is 13.7. The molecule has 1 aromatic heterocycles. The van der Waals surface area contributed by atoms with Gasteiger partial charge in [-0.1, -0.05) is 24.9 Å². The number of nitrogens with one attached hydrogen (secondary N) is 1. The van der Waals surface area contributed by atoms with E-state index in [2.05, 4.69) is 4.72 Å². The van der Waals surface area contributed by atoms with Gasteiger partial charge >= 0.3 is 5.97 Å². The molecule has 154 valence electrons. The number of rotatable bonds is 7. The number of fused-ring (bicyclic) bond motifs is 1. The van der Waals surface area contributed by atoms with E-state index in [1.165, 1.54) is 24.3 Å². The third kappa shape index (κ3) is 4.57. The predicted octanol–water partition coefficient (Wildman–Crippen LogP) is 5.46. The topological polar surface area (TPSA) is 85.6 Å². The number of unbranched alkanes of at least 4 members (excludes halogenated alkanes) is 1. The lowest BCUT2D eigenvalue weighted by molar-refractivity contribution is 0.0500. The van der Waals surface area contributed by atoms with Gasteiger partial charge in [-0.15, -0.1) is 0 Å². The smallest absolute Gasteiger partial charge is 0.342 e. The Morgan fingerprint density at radius 1 is 1.17 bits per heavy atom. The van der Waals surface area contributed by atoms with Crippen LogP contribution >= 0.6 is 11.6 Å². The molecule has 8 heteroatoms. The molecule has 0 bridgehead atoms. The van der Waals surface area contributed by atoms with Crippen LogP contribution in [0.3, 0.4) is 0 Å². The highest BCUT2D eigenvalue weighted by Gasteiger charge is 2.22. The van der Waals surface area contributed by atoms with Crippen molar-refractivity contribution in [2.75, 3.05) is 11.3 Å². The molecular weight excluding hydrogens is 414 g/mol. The number of carbonyl (C=O) groups is 1. The first-order valence-corrected chi connectivity index (χ1v) is 11.1. The fraction of sp³-hybridized carbons (Fsp3) is 0.286. The number of hydrogen-bond acceptors (Lipinski definition) is 5. The largest absolute Gasteiger partial charge is 0.462 e. The lowest BCUT2D eigenvalue weighted by Crippen LogP contribution is -2.13. The van der Waals surface area contributed by atoms with Crippen LogP contribution in [0.15, 0.2) is 45.7 Å². The summed E-state index contributed by atoms with van der Waals surface area (Å²) in [6, 6.07) is 9.18. The molecule has 1 heterocycles. The van der Waals surface area contributed by atoms with Crippen LogP contribution in [-0.2, 0) is 14.8 Å².